The van der Waals surface area contributed by atoms with E-state index in [1.807, 2.05) is 0 Å². The Morgan fingerprint density at radius 1 is 1.12 bits per heavy atom. The van der Waals surface area contributed by atoms with Crippen molar-refractivity contribution in [2.24, 2.45) is 5.92 Å². The van der Waals surface area contributed by atoms with Crippen LogP contribution in [0.15, 0.2) is 0 Å². The van der Waals surface area contributed by atoms with Crippen LogP contribution >= 0.6 is 0 Å². The summed E-state index contributed by atoms with van der Waals surface area (Å²) in [4.78, 5) is 4.71. The van der Waals surface area contributed by atoms with Gasteiger partial charge in [-0.15, -0.1) is 0 Å². The van der Waals surface area contributed by atoms with Crippen LogP contribution < -0.4 is 0 Å². The first kappa shape index (κ1) is 11.9. The zero-order chi connectivity index (χ0) is 11.5. The number of nitrogens with zero attached hydrogens (tertiary/aromatic N) is 2. The van der Waals surface area contributed by atoms with Crippen molar-refractivity contribution in [1.82, 2.24) is 9.80 Å². The molecular formula is C13H25N3. The first-order chi connectivity index (χ1) is 7.68. The minimum absolute atomic E-state index is 0.560. The van der Waals surface area contributed by atoms with Gasteiger partial charge in [0.25, 0.3) is 0 Å². The van der Waals surface area contributed by atoms with E-state index >= 15 is 0 Å². The molecule has 0 aromatic rings. The van der Waals surface area contributed by atoms with Gasteiger partial charge in [0.05, 0.1) is 5.84 Å². The van der Waals surface area contributed by atoms with Crippen LogP contribution in [0.5, 0.6) is 0 Å². The van der Waals surface area contributed by atoms with Crippen molar-refractivity contribution >= 4 is 5.84 Å². The average molecular weight is 223 g/mol. The number of nitrogens with one attached hydrogen (secondary N) is 1. The summed E-state index contributed by atoms with van der Waals surface area (Å²) in [6, 6.07) is 0.595. The van der Waals surface area contributed by atoms with Crippen LogP contribution in [0.3, 0.4) is 0 Å². The Morgan fingerprint density at radius 3 is 2.44 bits per heavy atom. The Labute approximate surface area is 99.3 Å². The summed E-state index contributed by atoms with van der Waals surface area (Å²) < 4.78 is 0. The lowest BCUT2D eigenvalue weighted by molar-refractivity contribution is 0.146. The van der Waals surface area contributed by atoms with E-state index in [0.29, 0.717) is 12.0 Å². The number of likely N-dealkylation sites (N-methyl/N-ethyl adjacent to an activating group) is 1. The molecule has 92 valence electrons. The lowest BCUT2D eigenvalue weighted by Gasteiger charge is -2.41. The second-order valence-electron chi connectivity index (χ2n) is 5.50. The third-order valence-corrected chi connectivity index (χ3v) is 4.29. The Bertz CT molecular complexity index is 246. The Morgan fingerprint density at radius 2 is 1.81 bits per heavy atom. The Kier molecular flexibility index (Phi) is 3.85. The van der Waals surface area contributed by atoms with Crippen LogP contribution in [0.25, 0.3) is 0 Å². The van der Waals surface area contributed by atoms with Crippen molar-refractivity contribution in [3.8, 4) is 0 Å². The van der Waals surface area contributed by atoms with E-state index in [1.54, 1.807) is 0 Å². The van der Waals surface area contributed by atoms with E-state index in [1.165, 1.54) is 32.1 Å². The number of hydrogen-bond donors (Lipinski definition) is 1. The minimum atomic E-state index is 0.560. The number of hydrogen-bond acceptors (Lipinski definition) is 2. The molecule has 16 heavy (non-hydrogen) atoms. The van der Waals surface area contributed by atoms with Crippen molar-refractivity contribution < 1.29 is 0 Å². The first-order valence-electron chi connectivity index (χ1n) is 6.72. The topological polar surface area (TPSA) is 30.3 Å². The van der Waals surface area contributed by atoms with E-state index in [9.17, 15) is 0 Å². The molecule has 3 heteroatoms. The van der Waals surface area contributed by atoms with Gasteiger partial charge in [-0.2, -0.15) is 0 Å². The van der Waals surface area contributed by atoms with Crippen LogP contribution in [-0.2, 0) is 0 Å². The highest BCUT2D eigenvalue weighted by molar-refractivity contribution is 5.81. The lowest BCUT2D eigenvalue weighted by Crippen LogP contribution is -2.53. The summed E-state index contributed by atoms with van der Waals surface area (Å²) in [6.07, 6.45) is 6.54. The molecule has 2 fully saturated rings. The van der Waals surface area contributed by atoms with E-state index in [-0.39, 0.29) is 0 Å². The summed E-state index contributed by atoms with van der Waals surface area (Å²) in [5, 5.41) is 8.34. The largest absolute Gasteiger partial charge is 0.357 e. The van der Waals surface area contributed by atoms with Crippen LogP contribution in [0.4, 0.5) is 0 Å². The van der Waals surface area contributed by atoms with Gasteiger partial charge in [-0.05, 0) is 26.8 Å². The highest BCUT2D eigenvalue weighted by atomic mass is 15.3. The standard InChI is InChI=1S/C13H25N3/c1-11-10-16(9-8-15(11)2)13(14)12-6-4-3-5-7-12/h11-12,14H,3-10H2,1-2H3. The summed E-state index contributed by atoms with van der Waals surface area (Å²) >= 11 is 0. The molecule has 1 atom stereocenters. The van der Waals surface area contributed by atoms with E-state index in [0.717, 1.165) is 25.5 Å². The van der Waals surface area contributed by atoms with Gasteiger partial charge in [-0.3, -0.25) is 5.41 Å². The van der Waals surface area contributed by atoms with Crippen molar-refractivity contribution in [3.05, 3.63) is 0 Å². The minimum Gasteiger partial charge on any atom is -0.357 e. The highest BCUT2D eigenvalue weighted by Crippen LogP contribution is 2.26. The highest BCUT2D eigenvalue weighted by Gasteiger charge is 2.27. The van der Waals surface area contributed by atoms with Crippen LogP contribution in [0.1, 0.15) is 39.0 Å². The van der Waals surface area contributed by atoms with Gasteiger partial charge < -0.3 is 9.80 Å². The number of amidine groups is 1. The molecule has 1 aliphatic heterocycles. The van der Waals surface area contributed by atoms with E-state index < -0.39 is 0 Å². The molecule has 1 unspecified atom stereocenters. The molecule has 1 N–H and O–H groups in total. The van der Waals surface area contributed by atoms with E-state index in [4.69, 9.17) is 5.41 Å². The average Bonchev–Trinajstić information content (AvgIpc) is 2.33. The Hall–Kier alpha value is -0.570. The summed E-state index contributed by atoms with van der Waals surface area (Å²) in [7, 11) is 2.19. The molecule has 1 saturated heterocycles. The molecule has 2 aliphatic rings. The van der Waals surface area contributed by atoms with Gasteiger partial charge in [-0.25, -0.2) is 0 Å². The molecule has 0 spiro atoms. The predicted octanol–water partition coefficient (Wildman–Crippen LogP) is 2.18. The molecule has 1 aliphatic carbocycles. The maximum Gasteiger partial charge on any atom is 0.0990 e. The fourth-order valence-corrected chi connectivity index (χ4v) is 2.90. The van der Waals surface area contributed by atoms with Gasteiger partial charge in [0.1, 0.15) is 0 Å². The van der Waals surface area contributed by atoms with Gasteiger partial charge in [0.15, 0.2) is 0 Å². The van der Waals surface area contributed by atoms with Crippen molar-refractivity contribution in [3.63, 3.8) is 0 Å². The fourth-order valence-electron chi connectivity index (χ4n) is 2.90. The van der Waals surface area contributed by atoms with Crippen molar-refractivity contribution in [1.29, 1.82) is 5.41 Å². The molecule has 1 saturated carbocycles. The molecule has 3 nitrogen and oxygen atoms in total. The summed E-state index contributed by atoms with van der Waals surface area (Å²) in [5.74, 6) is 1.49. The van der Waals surface area contributed by atoms with Gasteiger partial charge >= 0.3 is 0 Å². The second kappa shape index (κ2) is 5.17. The van der Waals surface area contributed by atoms with Crippen LogP contribution in [0, 0.1) is 11.3 Å². The molecule has 1 heterocycles. The Balaban J connectivity index is 1.89. The molecule has 0 bridgehead atoms. The van der Waals surface area contributed by atoms with Gasteiger partial charge in [0.2, 0.25) is 0 Å². The third kappa shape index (κ3) is 2.57. The van der Waals surface area contributed by atoms with Crippen LogP contribution in [0.2, 0.25) is 0 Å². The quantitative estimate of drug-likeness (QED) is 0.545. The normalized spacial score (nSPS) is 29.4. The molecule has 0 aromatic carbocycles. The molecule has 0 amide bonds. The zero-order valence-electron chi connectivity index (χ0n) is 10.7. The maximum absolute atomic E-state index is 8.34. The molecule has 2 rings (SSSR count). The number of rotatable bonds is 1. The van der Waals surface area contributed by atoms with Crippen LogP contribution in [-0.4, -0.2) is 48.4 Å². The molecular weight excluding hydrogens is 198 g/mol. The maximum atomic E-state index is 8.34. The van der Waals surface area contributed by atoms with Crippen molar-refractivity contribution in [2.75, 3.05) is 26.7 Å². The smallest absolute Gasteiger partial charge is 0.0990 e. The third-order valence-electron chi connectivity index (χ3n) is 4.29. The van der Waals surface area contributed by atoms with Crippen molar-refractivity contribution in [2.45, 2.75) is 45.1 Å². The summed E-state index contributed by atoms with van der Waals surface area (Å²) in [5.41, 5.74) is 0. The van der Waals surface area contributed by atoms with Gasteiger partial charge in [-0.1, -0.05) is 19.3 Å². The zero-order valence-corrected chi connectivity index (χ0v) is 10.7. The van der Waals surface area contributed by atoms with Gasteiger partial charge in [0, 0.05) is 31.6 Å². The van der Waals surface area contributed by atoms with E-state index in [2.05, 4.69) is 23.8 Å². The molecule has 0 radical (unpaired) electrons. The SMILES string of the molecule is CC1CN(C(=N)C2CCCCC2)CCN1C. The lowest BCUT2D eigenvalue weighted by atomic mass is 9.87. The number of piperazine rings is 1. The first-order valence-corrected chi connectivity index (χ1v) is 6.72. The fraction of sp³-hybridized carbons (Fsp3) is 0.923. The summed E-state index contributed by atoms with van der Waals surface area (Å²) in [6.45, 7) is 5.47. The predicted molar refractivity (Wildman–Crippen MR) is 68.0 cm³/mol. The second-order valence-corrected chi connectivity index (χ2v) is 5.50. The molecule has 0 aromatic heterocycles. The monoisotopic (exact) mass is 223 g/mol.